The van der Waals surface area contributed by atoms with Gasteiger partial charge in [-0.2, -0.15) is 13.2 Å². The fourth-order valence-electron chi connectivity index (χ4n) is 3.08. The number of hydrogen-bond donors (Lipinski definition) is 1. The summed E-state index contributed by atoms with van der Waals surface area (Å²) in [6, 6.07) is -1.52. The van der Waals surface area contributed by atoms with Gasteiger partial charge in [0.15, 0.2) is 0 Å². The van der Waals surface area contributed by atoms with Crippen LogP contribution in [0.4, 0.5) is 13.2 Å². The maximum atomic E-state index is 13.1. The van der Waals surface area contributed by atoms with Crippen LogP contribution >= 0.6 is 11.8 Å². The zero-order valence-corrected chi connectivity index (χ0v) is 13.3. The molecule has 0 aromatic heterocycles. The molecule has 1 aliphatic heterocycles. The van der Waals surface area contributed by atoms with Gasteiger partial charge in [0.05, 0.1) is 11.8 Å². The Labute approximate surface area is 132 Å². The van der Waals surface area contributed by atoms with Crippen LogP contribution in [0.25, 0.3) is 0 Å². The van der Waals surface area contributed by atoms with E-state index < -0.39 is 30.1 Å². The van der Waals surface area contributed by atoms with Crippen molar-refractivity contribution in [2.45, 2.75) is 57.3 Å². The summed E-state index contributed by atoms with van der Waals surface area (Å²) >= 11 is 1.45. The molecular formula is C14H21F3N2O2S. The quantitative estimate of drug-likeness (QED) is 0.860. The third-order valence-corrected chi connectivity index (χ3v) is 5.33. The second-order valence-electron chi connectivity index (χ2n) is 5.78. The van der Waals surface area contributed by atoms with Crippen molar-refractivity contribution in [3.8, 4) is 0 Å². The predicted molar refractivity (Wildman–Crippen MR) is 78.2 cm³/mol. The number of carbonyl (C=O) groups is 2. The van der Waals surface area contributed by atoms with Crippen molar-refractivity contribution >= 4 is 23.6 Å². The molecule has 0 aromatic carbocycles. The summed E-state index contributed by atoms with van der Waals surface area (Å²) in [5.41, 5.74) is 0. The fourth-order valence-corrected chi connectivity index (χ4v) is 4.26. The normalized spacial score (nSPS) is 29.5. The second kappa shape index (κ2) is 7.10. The van der Waals surface area contributed by atoms with Crippen molar-refractivity contribution in [3.05, 3.63) is 0 Å². The van der Waals surface area contributed by atoms with Crippen LogP contribution < -0.4 is 5.32 Å². The number of hydrogen-bond acceptors (Lipinski definition) is 3. The lowest BCUT2D eigenvalue weighted by molar-refractivity contribution is -0.189. The smallest absolute Gasteiger partial charge is 0.351 e. The van der Waals surface area contributed by atoms with E-state index in [1.165, 1.54) is 16.7 Å². The van der Waals surface area contributed by atoms with Crippen LogP contribution in [-0.4, -0.2) is 46.6 Å². The minimum absolute atomic E-state index is 0.0610. The summed E-state index contributed by atoms with van der Waals surface area (Å²) < 4.78 is 39.2. The molecule has 2 rings (SSSR count). The van der Waals surface area contributed by atoms with E-state index in [2.05, 4.69) is 5.32 Å². The van der Waals surface area contributed by atoms with Gasteiger partial charge in [-0.25, -0.2) is 0 Å². The van der Waals surface area contributed by atoms with Gasteiger partial charge in [-0.15, -0.1) is 11.8 Å². The van der Waals surface area contributed by atoms with Gasteiger partial charge in [-0.1, -0.05) is 19.8 Å². The number of halogens is 3. The lowest BCUT2D eigenvalue weighted by Crippen LogP contribution is -2.54. The average molecular weight is 338 g/mol. The molecule has 1 aliphatic carbocycles. The van der Waals surface area contributed by atoms with E-state index >= 15 is 0 Å². The maximum Gasteiger partial charge on any atom is 0.393 e. The van der Waals surface area contributed by atoms with Gasteiger partial charge in [0.2, 0.25) is 11.8 Å². The zero-order chi connectivity index (χ0) is 16.3. The van der Waals surface area contributed by atoms with Gasteiger partial charge in [0, 0.05) is 18.2 Å². The number of nitrogens with one attached hydrogen (secondary N) is 1. The summed E-state index contributed by atoms with van der Waals surface area (Å²) in [4.78, 5) is 25.6. The molecule has 0 radical (unpaired) electrons. The first-order valence-corrected chi connectivity index (χ1v) is 8.74. The predicted octanol–water partition coefficient (Wildman–Crippen LogP) is 2.54. The first kappa shape index (κ1) is 17.4. The van der Waals surface area contributed by atoms with Crippen LogP contribution in [0.15, 0.2) is 0 Å². The van der Waals surface area contributed by atoms with Crippen LogP contribution in [0.5, 0.6) is 0 Å². The van der Waals surface area contributed by atoms with Crippen molar-refractivity contribution in [3.63, 3.8) is 0 Å². The highest BCUT2D eigenvalue weighted by Crippen LogP contribution is 2.38. The van der Waals surface area contributed by atoms with E-state index in [9.17, 15) is 22.8 Å². The second-order valence-corrected chi connectivity index (χ2v) is 6.78. The number of nitrogens with zero attached hydrogens (tertiary/aromatic N) is 1. The van der Waals surface area contributed by atoms with Crippen molar-refractivity contribution in [2.75, 3.05) is 11.6 Å². The van der Waals surface area contributed by atoms with Crippen molar-refractivity contribution < 1.29 is 22.8 Å². The summed E-state index contributed by atoms with van der Waals surface area (Å²) in [5.74, 6) is -1.19. The highest BCUT2D eigenvalue weighted by atomic mass is 32.2. The molecule has 1 saturated heterocycles. The van der Waals surface area contributed by atoms with E-state index in [4.69, 9.17) is 0 Å². The van der Waals surface area contributed by atoms with E-state index in [1.807, 2.05) is 0 Å². The van der Waals surface area contributed by atoms with Crippen LogP contribution in [0.2, 0.25) is 0 Å². The molecule has 2 amide bonds. The minimum atomic E-state index is -4.29. The fraction of sp³-hybridized carbons (Fsp3) is 0.857. The van der Waals surface area contributed by atoms with Crippen LogP contribution in [0.1, 0.15) is 39.0 Å². The standard InChI is InChI=1S/C14H21F3N2O2S/c1-2-12(20)19-8-22-7-11(19)13(21)18-10-6-4-3-5-9(10)14(15,16)17/h9-11H,2-8H2,1H3,(H,18,21)/t9-,10-,11+/m0/s1. The Hall–Kier alpha value is -0.920. The monoisotopic (exact) mass is 338 g/mol. The van der Waals surface area contributed by atoms with Crippen molar-refractivity contribution in [1.29, 1.82) is 0 Å². The molecule has 22 heavy (non-hydrogen) atoms. The molecular weight excluding hydrogens is 317 g/mol. The first-order chi connectivity index (χ1) is 10.3. The number of alkyl halides is 3. The molecule has 4 nitrogen and oxygen atoms in total. The summed E-state index contributed by atoms with van der Waals surface area (Å²) in [7, 11) is 0. The highest BCUT2D eigenvalue weighted by molar-refractivity contribution is 7.99. The van der Waals surface area contributed by atoms with Gasteiger partial charge in [0.1, 0.15) is 6.04 Å². The Bertz CT molecular complexity index is 431. The van der Waals surface area contributed by atoms with Crippen LogP contribution in [0.3, 0.4) is 0 Å². The Morgan fingerprint density at radius 3 is 2.59 bits per heavy atom. The molecule has 1 saturated carbocycles. The number of thioether (sulfide) groups is 1. The van der Waals surface area contributed by atoms with Gasteiger partial charge in [-0.05, 0) is 12.8 Å². The van der Waals surface area contributed by atoms with Crippen molar-refractivity contribution in [1.82, 2.24) is 10.2 Å². The Kier molecular flexibility index (Phi) is 5.63. The molecule has 2 aliphatic rings. The van der Waals surface area contributed by atoms with E-state index in [0.717, 1.165) is 0 Å². The largest absolute Gasteiger partial charge is 0.393 e. The van der Waals surface area contributed by atoms with Gasteiger partial charge >= 0.3 is 6.18 Å². The van der Waals surface area contributed by atoms with Gasteiger partial charge in [0.25, 0.3) is 0 Å². The van der Waals surface area contributed by atoms with E-state index in [0.29, 0.717) is 37.3 Å². The average Bonchev–Trinajstić information content (AvgIpc) is 2.95. The van der Waals surface area contributed by atoms with Crippen molar-refractivity contribution in [2.24, 2.45) is 5.92 Å². The molecule has 1 heterocycles. The molecule has 0 bridgehead atoms. The molecule has 0 aromatic rings. The molecule has 1 N–H and O–H groups in total. The number of rotatable bonds is 3. The topological polar surface area (TPSA) is 49.4 Å². The van der Waals surface area contributed by atoms with Gasteiger partial charge in [-0.3, -0.25) is 9.59 Å². The third-order valence-electron chi connectivity index (χ3n) is 4.32. The molecule has 0 spiro atoms. The molecule has 126 valence electrons. The molecule has 8 heteroatoms. The summed E-state index contributed by atoms with van der Waals surface area (Å²) in [6.45, 7) is 1.71. The first-order valence-electron chi connectivity index (χ1n) is 7.59. The third kappa shape index (κ3) is 3.88. The summed E-state index contributed by atoms with van der Waals surface area (Å²) in [6.07, 6.45) is -2.37. The highest BCUT2D eigenvalue weighted by Gasteiger charge is 2.47. The molecule has 0 unspecified atom stereocenters. The van der Waals surface area contributed by atoms with Gasteiger partial charge < -0.3 is 10.2 Å². The number of amides is 2. The Morgan fingerprint density at radius 1 is 1.27 bits per heavy atom. The maximum absolute atomic E-state index is 13.1. The SMILES string of the molecule is CCC(=O)N1CSC[C@@H]1C(=O)N[C@H]1CCCC[C@@H]1C(F)(F)F. The molecule has 2 fully saturated rings. The van der Waals surface area contributed by atoms with E-state index in [1.54, 1.807) is 6.92 Å². The van der Waals surface area contributed by atoms with E-state index in [-0.39, 0.29) is 12.3 Å². The lowest BCUT2D eigenvalue weighted by atomic mass is 9.84. The Balaban J connectivity index is 2.02. The Morgan fingerprint density at radius 2 is 1.95 bits per heavy atom. The van der Waals surface area contributed by atoms with Crippen LogP contribution in [-0.2, 0) is 9.59 Å². The minimum Gasteiger partial charge on any atom is -0.351 e. The zero-order valence-electron chi connectivity index (χ0n) is 12.5. The summed E-state index contributed by atoms with van der Waals surface area (Å²) in [5, 5.41) is 2.56. The lowest BCUT2D eigenvalue weighted by Gasteiger charge is -2.34. The molecule has 3 atom stereocenters. The van der Waals surface area contributed by atoms with Crippen LogP contribution in [0, 0.1) is 5.92 Å². The number of carbonyl (C=O) groups excluding carboxylic acids is 2.